The van der Waals surface area contributed by atoms with E-state index in [9.17, 15) is 4.79 Å². The summed E-state index contributed by atoms with van der Waals surface area (Å²) in [6.45, 7) is 0.500. The highest BCUT2D eigenvalue weighted by molar-refractivity contribution is 5.66. The van der Waals surface area contributed by atoms with Gasteiger partial charge in [-0.3, -0.25) is 4.79 Å². The largest absolute Gasteiger partial charge is 0.481 e. The zero-order chi connectivity index (χ0) is 12.8. The van der Waals surface area contributed by atoms with E-state index in [1.807, 2.05) is 30.3 Å². The van der Waals surface area contributed by atoms with Crippen LogP contribution in [0.2, 0.25) is 0 Å². The molecular weight excluding hydrogens is 234 g/mol. The first-order valence-corrected chi connectivity index (χ1v) is 5.60. The minimum atomic E-state index is -0.810. The number of carboxylic acid groups (broad SMARTS) is 1. The molecule has 2 rings (SSSR count). The van der Waals surface area contributed by atoms with E-state index in [0.29, 0.717) is 24.8 Å². The summed E-state index contributed by atoms with van der Waals surface area (Å²) >= 11 is 0. The highest BCUT2D eigenvalue weighted by Crippen LogP contribution is 2.17. The van der Waals surface area contributed by atoms with E-state index < -0.39 is 5.97 Å². The third-order valence-electron chi connectivity index (χ3n) is 2.30. The molecule has 2 aromatic rings. The second-order valence-electron chi connectivity index (χ2n) is 3.71. The van der Waals surface area contributed by atoms with Gasteiger partial charge >= 0.3 is 5.97 Å². The Labute approximate surface area is 104 Å². The van der Waals surface area contributed by atoms with Crippen LogP contribution >= 0.6 is 0 Å². The molecule has 1 aromatic heterocycles. The number of nitrogens with zero attached hydrogens (tertiary/aromatic N) is 2. The van der Waals surface area contributed by atoms with Gasteiger partial charge < -0.3 is 14.9 Å². The van der Waals surface area contributed by atoms with Crippen LogP contribution in [-0.4, -0.2) is 27.8 Å². The van der Waals surface area contributed by atoms with E-state index in [-0.39, 0.29) is 6.42 Å². The van der Waals surface area contributed by atoms with Crippen molar-refractivity contribution in [1.29, 1.82) is 0 Å². The fraction of sp³-hybridized carbons (Fsp3) is 0.250. The molecule has 18 heavy (non-hydrogen) atoms. The second kappa shape index (κ2) is 5.81. The van der Waals surface area contributed by atoms with Gasteiger partial charge in [0, 0.05) is 18.5 Å². The molecule has 0 spiro atoms. The maximum atomic E-state index is 10.3. The van der Waals surface area contributed by atoms with Gasteiger partial charge in [-0.05, 0) is 23.7 Å². The number of aliphatic carboxylic acids is 1. The molecular formula is C12H13N3O3. The Hall–Kier alpha value is -2.37. The van der Waals surface area contributed by atoms with Crippen molar-refractivity contribution in [3.8, 4) is 11.5 Å². The minimum absolute atomic E-state index is 0.121. The van der Waals surface area contributed by atoms with Crippen LogP contribution in [0, 0.1) is 0 Å². The van der Waals surface area contributed by atoms with E-state index in [0.717, 1.165) is 5.56 Å². The van der Waals surface area contributed by atoms with Crippen molar-refractivity contribution in [1.82, 2.24) is 10.1 Å². The third-order valence-corrected chi connectivity index (χ3v) is 2.30. The van der Waals surface area contributed by atoms with Gasteiger partial charge in [0.1, 0.15) is 0 Å². The summed E-state index contributed by atoms with van der Waals surface area (Å²) in [5.41, 5.74) is 0.851. The Bertz CT molecular complexity index is 510. The number of anilines is 1. The SMILES string of the molecule is O=C(O)CCCNc1noc(-c2ccccc2)n1. The Morgan fingerprint density at radius 1 is 1.33 bits per heavy atom. The van der Waals surface area contributed by atoms with Gasteiger partial charge in [0.15, 0.2) is 0 Å². The average Bonchev–Trinajstić information content (AvgIpc) is 2.84. The summed E-state index contributed by atoms with van der Waals surface area (Å²) < 4.78 is 5.09. The number of rotatable bonds is 6. The lowest BCUT2D eigenvalue weighted by Crippen LogP contribution is -2.05. The number of carboxylic acids is 1. The molecule has 0 aliphatic heterocycles. The molecule has 0 aliphatic rings. The Kier molecular flexibility index (Phi) is 3.90. The molecule has 0 saturated heterocycles. The molecule has 0 radical (unpaired) electrons. The highest BCUT2D eigenvalue weighted by atomic mass is 16.5. The van der Waals surface area contributed by atoms with Crippen molar-refractivity contribution < 1.29 is 14.4 Å². The Morgan fingerprint density at radius 2 is 2.11 bits per heavy atom. The number of hydrogen-bond acceptors (Lipinski definition) is 5. The summed E-state index contributed by atoms with van der Waals surface area (Å²) in [6.07, 6.45) is 0.640. The lowest BCUT2D eigenvalue weighted by atomic mass is 10.2. The molecule has 0 unspecified atom stereocenters. The van der Waals surface area contributed by atoms with E-state index >= 15 is 0 Å². The first-order chi connectivity index (χ1) is 8.75. The van der Waals surface area contributed by atoms with Gasteiger partial charge in [0.05, 0.1) is 0 Å². The Morgan fingerprint density at radius 3 is 2.83 bits per heavy atom. The van der Waals surface area contributed by atoms with E-state index in [1.54, 1.807) is 0 Å². The summed E-state index contributed by atoms with van der Waals surface area (Å²) in [4.78, 5) is 14.5. The van der Waals surface area contributed by atoms with Gasteiger partial charge in [0.25, 0.3) is 11.8 Å². The molecule has 0 saturated carbocycles. The van der Waals surface area contributed by atoms with Crippen molar-refractivity contribution in [3.05, 3.63) is 30.3 Å². The average molecular weight is 247 g/mol. The normalized spacial score (nSPS) is 10.2. The van der Waals surface area contributed by atoms with Crippen LogP contribution in [0.5, 0.6) is 0 Å². The maximum absolute atomic E-state index is 10.3. The predicted molar refractivity (Wildman–Crippen MR) is 65.1 cm³/mol. The molecule has 0 atom stereocenters. The van der Waals surface area contributed by atoms with Crippen LogP contribution in [0.15, 0.2) is 34.9 Å². The van der Waals surface area contributed by atoms with Gasteiger partial charge in [-0.1, -0.05) is 18.2 Å². The molecule has 2 N–H and O–H groups in total. The topological polar surface area (TPSA) is 88.2 Å². The zero-order valence-electron chi connectivity index (χ0n) is 9.67. The monoisotopic (exact) mass is 247 g/mol. The van der Waals surface area contributed by atoms with Gasteiger partial charge in [-0.25, -0.2) is 0 Å². The van der Waals surface area contributed by atoms with Crippen molar-refractivity contribution in [3.63, 3.8) is 0 Å². The number of nitrogens with one attached hydrogen (secondary N) is 1. The van der Waals surface area contributed by atoms with Crippen molar-refractivity contribution in [2.45, 2.75) is 12.8 Å². The molecule has 0 bridgehead atoms. The Balaban J connectivity index is 1.89. The number of hydrogen-bond donors (Lipinski definition) is 2. The van der Waals surface area contributed by atoms with E-state index in [1.165, 1.54) is 0 Å². The first-order valence-electron chi connectivity index (χ1n) is 5.60. The van der Waals surface area contributed by atoms with Gasteiger partial charge in [0.2, 0.25) is 0 Å². The van der Waals surface area contributed by atoms with Crippen LogP contribution in [0.4, 0.5) is 5.95 Å². The van der Waals surface area contributed by atoms with E-state index in [4.69, 9.17) is 9.63 Å². The van der Waals surface area contributed by atoms with Crippen LogP contribution < -0.4 is 5.32 Å². The number of aromatic nitrogens is 2. The summed E-state index contributed by atoms with van der Waals surface area (Å²) in [5.74, 6) is 0.00506. The second-order valence-corrected chi connectivity index (χ2v) is 3.71. The molecule has 0 aliphatic carbocycles. The lowest BCUT2D eigenvalue weighted by molar-refractivity contribution is -0.137. The van der Waals surface area contributed by atoms with Crippen LogP contribution in [0.25, 0.3) is 11.5 Å². The molecule has 6 nitrogen and oxygen atoms in total. The minimum Gasteiger partial charge on any atom is -0.481 e. The van der Waals surface area contributed by atoms with Crippen molar-refractivity contribution in [2.75, 3.05) is 11.9 Å². The predicted octanol–water partition coefficient (Wildman–Crippen LogP) is 2.01. The number of benzene rings is 1. The standard InChI is InChI=1S/C12H13N3O3/c16-10(17)7-4-8-13-12-14-11(18-15-12)9-5-2-1-3-6-9/h1-3,5-6H,4,7-8H2,(H,13,15)(H,16,17). The summed E-state index contributed by atoms with van der Waals surface area (Å²) in [7, 11) is 0. The van der Waals surface area contributed by atoms with Crippen LogP contribution in [-0.2, 0) is 4.79 Å². The van der Waals surface area contributed by atoms with Gasteiger partial charge in [-0.15, -0.1) is 0 Å². The maximum Gasteiger partial charge on any atom is 0.303 e. The fourth-order valence-corrected chi connectivity index (χ4v) is 1.43. The number of carbonyl (C=O) groups is 1. The molecule has 0 fully saturated rings. The third kappa shape index (κ3) is 3.31. The zero-order valence-corrected chi connectivity index (χ0v) is 9.67. The molecule has 94 valence electrons. The van der Waals surface area contributed by atoms with Gasteiger partial charge in [-0.2, -0.15) is 4.98 Å². The molecule has 0 amide bonds. The fourth-order valence-electron chi connectivity index (χ4n) is 1.43. The molecule has 1 aromatic carbocycles. The summed E-state index contributed by atoms with van der Waals surface area (Å²) in [6, 6.07) is 9.44. The van der Waals surface area contributed by atoms with Crippen LogP contribution in [0.1, 0.15) is 12.8 Å². The molecule has 6 heteroatoms. The summed E-state index contributed by atoms with van der Waals surface area (Å²) in [5, 5.41) is 15.2. The van der Waals surface area contributed by atoms with E-state index in [2.05, 4.69) is 15.5 Å². The smallest absolute Gasteiger partial charge is 0.303 e. The highest BCUT2D eigenvalue weighted by Gasteiger charge is 2.07. The lowest BCUT2D eigenvalue weighted by Gasteiger charge is -1.97. The quantitative estimate of drug-likeness (QED) is 0.759. The van der Waals surface area contributed by atoms with Crippen LogP contribution in [0.3, 0.4) is 0 Å². The molecule has 1 heterocycles. The van der Waals surface area contributed by atoms with Crippen molar-refractivity contribution >= 4 is 11.9 Å². The first kappa shape index (κ1) is 12.1. The van der Waals surface area contributed by atoms with Crippen molar-refractivity contribution in [2.24, 2.45) is 0 Å².